The molecule has 0 spiro atoms. The van der Waals surface area contributed by atoms with Gasteiger partial charge in [-0.15, -0.1) is 11.3 Å². The zero-order valence-electron chi connectivity index (χ0n) is 22.0. The van der Waals surface area contributed by atoms with E-state index in [1.54, 1.807) is 60.0 Å². The molecule has 2 aromatic carbocycles. The molecule has 204 valence electrons. The van der Waals surface area contributed by atoms with E-state index in [1.807, 2.05) is 42.6 Å². The minimum absolute atomic E-state index is 0.160. The fourth-order valence-electron chi connectivity index (χ4n) is 4.77. The maximum Gasteiger partial charge on any atom is 0.335 e. The van der Waals surface area contributed by atoms with Crippen LogP contribution in [0.5, 0.6) is 0 Å². The van der Waals surface area contributed by atoms with E-state index in [4.69, 9.17) is 4.42 Å². The number of allylic oxidation sites excluding steroid dienone is 1. The van der Waals surface area contributed by atoms with E-state index in [-0.39, 0.29) is 17.0 Å². The molecule has 8 nitrogen and oxygen atoms in total. The molecule has 41 heavy (non-hydrogen) atoms. The van der Waals surface area contributed by atoms with Gasteiger partial charge in [-0.25, -0.2) is 9.79 Å². The fraction of sp³-hybridized carbons (Fsp3) is 0.0968. The number of carboxylic acid groups (broad SMARTS) is 1. The number of aromatic nitrogens is 1. The van der Waals surface area contributed by atoms with Crippen LogP contribution in [0.15, 0.2) is 104 Å². The summed E-state index contributed by atoms with van der Waals surface area (Å²) < 4.78 is 8.00. The number of fused-ring (bicyclic) bond motifs is 1. The lowest BCUT2D eigenvalue weighted by Crippen LogP contribution is -2.40. The molecule has 0 saturated heterocycles. The predicted molar refractivity (Wildman–Crippen MR) is 159 cm³/mol. The highest BCUT2D eigenvalue weighted by atomic mass is 32.1. The number of aryl methyl sites for hydroxylation is 1. The first-order chi connectivity index (χ1) is 19.8. The molecule has 6 rings (SSSR count). The zero-order chi connectivity index (χ0) is 28.7. The maximum atomic E-state index is 13.8. The normalized spacial score (nSPS) is 15.0. The second-order valence-corrected chi connectivity index (χ2v) is 11.4. The number of anilines is 1. The van der Waals surface area contributed by atoms with Gasteiger partial charge in [-0.1, -0.05) is 41.7 Å². The molecular weight excluding hydrogens is 558 g/mol. The molecule has 0 aliphatic carbocycles. The average Bonchev–Trinajstić information content (AvgIpc) is 3.71. The zero-order valence-corrected chi connectivity index (χ0v) is 23.6. The number of hydrogen-bond donors (Lipinski definition) is 2. The third-order valence-electron chi connectivity index (χ3n) is 6.76. The van der Waals surface area contributed by atoms with Crippen molar-refractivity contribution in [2.24, 2.45) is 4.99 Å². The minimum Gasteiger partial charge on any atom is -0.478 e. The molecule has 0 unspecified atom stereocenters. The van der Waals surface area contributed by atoms with Gasteiger partial charge in [0.2, 0.25) is 0 Å². The molecule has 2 N–H and O–H groups in total. The van der Waals surface area contributed by atoms with Crippen LogP contribution in [0.25, 0.3) is 17.4 Å². The summed E-state index contributed by atoms with van der Waals surface area (Å²) in [7, 11) is 0. The second-order valence-electron chi connectivity index (χ2n) is 9.45. The Balaban J connectivity index is 1.42. The van der Waals surface area contributed by atoms with Crippen LogP contribution < -0.4 is 20.2 Å². The van der Waals surface area contributed by atoms with Crippen LogP contribution in [0.3, 0.4) is 0 Å². The highest BCUT2D eigenvalue weighted by Gasteiger charge is 2.33. The van der Waals surface area contributed by atoms with E-state index >= 15 is 0 Å². The van der Waals surface area contributed by atoms with Gasteiger partial charge in [-0.2, -0.15) is 0 Å². The topological polar surface area (TPSA) is 114 Å². The van der Waals surface area contributed by atoms with Gasteiger partial charge < -0.3 is 14.8 Å². The lowest BCUT2D eigenvalue weighted by atomic mass is 10.0. The van der Waals surface area contributed by atoms with Crippen molar-refractivity contribution in [2.45, 2.75) is 19.9 Å². The summed E-state index contributed by atoms with van der Waals surface area (Å²) >= 11 is 2.69. The van der Waals surface area contributed by atoms with Crippen molar-refractivity contribution in [1.29, 1.82) is 0 Å². The first kappa shape index (κ1) is 26.4. The summed E-state index contributed by atoms with van der Waals surface area (Å²) in [5.41, 5.74) is 3.00. The Hall–Kier alpha value is -4.80. The SMILES string of the molecule is CC1=C(C(=O)Nc2ccccc2)[C@H](c2cccs2)n2c(s/c(=C\c3ccc(-c4cc(C(=O)O)ccc4C)o3)c2=O)=N1. The number of thiazole rings is 1. The van der Waals surface area contributed by atoms with Gasteiger partial charge in [0, 0.05) is 22.2 Å². The van der Waals surface area contributed by atoms with Gasteiger partial charge in [-0.05, 0) is 67.3 Å². The lowest BCUT2D eigenvalue weighted by molar-refractivity contribution is -0.113. The van der Waals surface area contributed by atoms with E-state index in [1.165, 1.54) is 22.7 Å². The molecular formula is C31H23N3O5S2. The monoisotopic (exact) mass is 581 g/mol. The Bertz CT molecular complexity index is 2020. The van der Waals surface area contributed by atoms with Crippen molar-refractivity contribution in [3.8, 4) is 11.3 Å². The van der Waals surface area contributed by atoms with E-state index in [9.17, 15) is 19.5 Å². The van der Waals surface area contributed by atoms with Gasteiger partial charge in [0.1, 0.15) is 17.6 Å². The minimum atomic E-state index is -1.02. The summed E-state index contributed by atoms with van der Waals surface area (Å²) in [5.74, 6) is -0.404. The molecule has 1 aliphatic heterocycles. The van der Waals surface area contributed by atoms with Crippen LogP contribution in [0.4, 0.5) is 5.69 Å². The number of furan rings is 1. The number of carboxylic acids is 1. The Morgan fingerprint density at radius 1 is 1.05 bits per heavy atom. The number of rotatable bonds is 6. The van der Waals surface area contributed by atoms with Gasteiger partial charge in [0.15, 0.2) is 4.80 Å². The quantitative estimate of drug-likeness (QED) is 0.286. The highest BCUT2D eigenvalue weighted by molar-refractivity contribution is 7.10. The van der Waals surface area contributed by atoms with Crippen molar-refractivity contribution < 1.29 is 19.1 Å². The number of carbonyl (C=O) groups is 2. The van der Waals surface area contributed by atoms with Crippen LogP contribution in [-0.4, -0.2) is 21.6 Å². The number of nitrogens with zero attached hydrogens (tertiary/aromatic N) is 2. The summed E-state index contributed by atoms with van der Waals surface area (Å²) in [6, 6.07) is 20.7. The molecule has 1 amide bonds. The average molecular weight is 582 g/mol. The number of carbonyl (C=O) groups excluding carboxylic acids is 1. The first-order valence-corrected chi connectivity index (χ1v) is 14.4. The Kier molecular flexibility index (Phi) is 6.86. The van der Waals surface area contributed by atoms with E-state index in [0.717, 1.165) is 10.4 Å². The molecule has 1 aliphatic rings. The molecule has 10 heteroatoms. The smallest absolute Gasteiger partial charge is 0.335 e. The van der Waals surface area contributed by atoms with E-state index in [2.05, 4.69) is 10.3 Å². The molecule has 5 aromatic rings. The maximum absolute atomic E-state index is 13.8. The number of aromatic carboxylic acids is 1. The summed E-state index contributed by atoms with van der Waals surface area (Å²) in [5, 5.41) is 14.2. The van der Waals surface area contributed by atoms with Crippen molar-refractivity contribution in [1.82, 2.24) is 4.57 Å². The predicted octanol–water partition coefficient (Wildman–Crippen LogP) is 5.20. The number of thiophene rings is 1. The third kappa shape index (κ3) is 4.99. The third-order valence-corrected chi connectivity index (χ3v) is 8.67. The summed E-state index contributed by atoms with van der Waals surface area (Å²) in [6.45, 7) is 3.66. The molecule has 0 saturated carbocycles. The van der Waals surface area contributed by atoms with E-state index in [0.29, 0.717) is 43.4 Å². The van der Waals surface area contributed by atoms with Crippen molar-refractivity contribution >= 4 is 46.3 Å². The number of para-hydroxylation sites is 1. The van der Waals surface area contributed by atoms with Gasteiger partial charge in [-0.3, -0.25) is 14.2 Å². The molecule has 4 heterocycles. The van der Waals surface area contributed by atoms with Crippen molar-refractivity contribution in [3.05, 3.63) is 131 Å². The Labute approximate surface area is 241 Å². The fourth-order valence-corrected chi connectivity index (χ4v) is 6.62. The largest absolute Gasteiger partial charge is 0.478 e. The standard InChI is InChI=1S/C31H23N3O5S2/c1-17-10-11-19(30(37)38)15-22(17)23-13-12-21(39-23)16-25-29(36)34-27(24-9-6-14-40-24)26(18(2)32-31(34)41-25)28(35)33-20-7-4-3-5-8-20/h3-16,27H,1-2H3,(H,33,35)(H,37,38)/b25-16-/t27-/m0/s1. The number of hydrogen-bond acceptors (Lipinski definition) is 7. The van der Waals surface area contributed by atoms with Crippen molar-refractivity contribution in [2.75, 3.05) is 5.32 Å². The lowest BCUT2D eigenvalue weighted by Gasteiger charge is -2.24. The second kappa shape index (κ2) is 10.6. The molecule has 0 fully saturated rings. The van der Waals surface area contributed by atoms with Crippen LogP contribution >= 0.6 is 22.7 Å². The van der Waals surface area contributed by atoms with Crippen LogP contribution in [-0.2, 0) is 4.79 Å². The van der Waals surface area contributed by atoms with E-state index < -0.39 is 12.0 Å². The molecule has 1 atom stereocenters. The Morgan fingerprint density at radius 3 is 2.59 bits per heavy atom. The van der Waals surface area contributed by atoms with Crippen molar-refractivity contribution in [3.63, 3.8) is 0 Å². The number of amides is 1. The van der Waals surface area contributed by atoms with Crippen LogP contribution in [0.2, 0.25) is 0 Å². The number of nitrogens with one attached hydrogen (secondary N) is 1. The molecule has 3 aromatic heterocycles. The number of benzene rings is 2. The molecule has 0 radical (unpaired) electrons. The summed E-state index contributed by atoms with van der Waals surface area (Å²) in [4.78, 5) is 44.8. The van der Waals surface area contributed by atoms with Gasteiger partial charge >= 0.3 is 5.97 Å². The first-order valence-electron chi connectivity index (χ1n) is 12.7. The van der Waals surface area contributed by atoms with Crippen LogP contribution in [0.1, 0.15) is 39.5 Å². The van der Waals surface area contributed by atoms with Crippen LogP contribution in [0, 0.1) is 6.92 Å². The summed E-state index contributed by atoms with van der Waals surface area (Å²) in [6.07, 6.45) is 1.65. The Morgan fingerprint density at radius 2 is 1.85 bits per heavy atom. The highest BCUT2D eigenvalue weighted by Crippen LogP contribution is 2.33. The molecule has 0 bridgehead atoms. The van der Waals surface area contributed by atoms with Gasteiger partial charge in [0.05, 0.1) is 21.4 Å². The van der Waals surface area contributed by atoms with Gasteiger partial charge in [0.25, 0.3) is 11.5 Å².